The van der Waals surface area contributed by atoms with Crippen LogP contribution in [0.2, 0.25) is 5.02 Å². The predicted molar refractivity (Wildman–Crippen MR) is 96.0 cm³/mol. The van der Waals surface area contributed by atoms with E-state index in [1.807, 2.05) is 31.2 Å². The molecule has 132 valence electrons. The maximum atomic E-state index is 12.2. The second-order valence-corrected chi connectivity index (χ2v) is 6.06. The van der Waals surface area contributed by atoms with Crippen molar-refractivity contribution in [2.45, 2.75) is 13.5 Å². The quantitative estimate of drug-likeness (QED) is 0.536. The fraction of sp³-hybridized carbons (Fsp3) is 0.111. The smallest absolute Gasteiger partial charge is 0.288 e. The van der Waals surface area contributed by atoms with Gasteiger partial charge in [0.15, 0.2) is 5.76 Å². The molecule has 0 unspecified atom stereocenters. The molecule has 0 aliphatic heterocycles. The number of halogens is 1. The third-order valence-electron chi connectivity index (χ3n) is 3.73. The van der Waals surface area contributed by atoms with E-state index in [-0.39, 0.29) is 22.8 Å². The molecule has 1 aromatic heterocycles. The first-order valence-electron chi connectivity index (χ1n) is 7.69. The molecular weight excluding hydrogens is 358 g/mol. The van der Waals surface area contributed by atoms with Gasteiger partial charge in [0.05, 0.1) is 11.5 Å². The van der Waals surface area contributed by atoms with Gasteiger partial charge in [-0.25, -0.2) is 0 Å². The highest BCUT2D eigenvalue weighted by molar-refractivity contribution is 6.32. The summed E-state index contributed by atoms with van der Waals surface area (Å²) in [5.41, 5.74) is 2.38. The third kappa shape index (κ3) is 3.89. The van der Waals surface area contributed by atoms with Crippen LogP contribution in [0.3, 0.4) is 0 Å². The van der Waals surface area contributed by atoms with Gasteiger partial charge in [0.2, 0.25) is 0 Å². The van der Waals surface area contributed by atoms with Crippen LogP contribution in [0.15, 0.2) is 53.1 Å². The molecule has 1 heterocycles. The van der Waals surface area contributed by atoms with E-state index in [1.54, 1.807) is 6.07 Å². The van der Waals surface area contributed by atoms with Crippen LogP contribution >= 0.6 is 11.6 Å². The summed E-state index contributed by atoms with van der Waals surface area (Å²) in [6.45, 7) is 2.12. The number of benzene rings is 2. The number of nitrogens with one attached hydrogen (secondary N) is 1. The Labute approximate surface area is 153 Å². The van der Waals surface area contributed by atoms with Gasteiger partial charge >= 0.3 is 0 Å². The van der Waals surface area contributed by atoms with Crippen molar-refractivity contribution < 1.29 is 14.2 Å². The Kier molecular flexibility index (Phi) is 4.99. The average molecular weight is 372 g/mol. The van der Waals surface area contributed by atoms with Crippen LogP contribution in [0, 0.1) is 17.0 Å². The summed E-state index contributed by atoms with van der Waals surface area (Å²) in [6, 6.07) is 13.4. The van der Waals surface area contributed by atoms with Gasteiger partial charge in [0.1, 0.15) is 10.7 Å². The standard InChI is InChI=1S/C18H14ClN3O4/c1-11-2-4-12(5-3-11)17-9-14(21-26-17)10-20-18(23)13-6-7-15(19)16(8-13)22(24)25/h2-9H,10H2,1H3,(H,20,23). The van der Waals surface area contributed by atoms with Crippen molar-refractivity contribution in [3.05, 3.63) is 80.5 Å². The van der Waals surface area contributed by atoms with Gasteiger partial charge in [-0.1, -0.05) is 46.6 Å². The first kappa shape index (κ1) is 17.6. The van der Waals surface area contributed by atoms with E-state index < -0.39 is 10.8 Å². The first-order valence-corrected chi connectivity index (χ1v) is 8.06. The second kappa shape index (κ2) is 7.37. The van der Waals surface area contributed by atoms with Gasteiger partial charge in [-0.15, -0.1) is 0 Å². The van der Waals surface area contributed by atoms with Crippen LogP contribution in [-0.4, -0.2) is 16.0 Å². The van der Waals surface area contributed by atoms with E-state index in [0.717, 1.165) is 17.2 Å². The maximum absolute atomic E-state index is 12.2. The highest BCUT2D eigenvalue weighted by Gasteiger charge is 2.16. The van der Waals surface area contributed by atoms with E-state index in [9.17, 15) is 14.9 Å². The molecule has 26 heavy (non-hydrogen) atoms. The van der Waals surface area contributed by atoms with Crippen molar-refractivity contribution in [2.75, 3.05) is 0 Å². The lowest BCUT2D eigenvalue weighted by molar-refractivity contribution is -0.384. The second-order valence-electron chi connectivity index (χ2n) is 5.65. The highest BCUT2D eigenvalue weighted by Crippen LogP contribution is 2.25. The molecule has 7 nitrogen and oxygen atoms in total. The molecule has 0 radical (unpaired) electrons. The zero-order chi connectivity index (χ0) is 18.7. The number of aryl methyl sites for hydroxylation is 1. The molecular formula is C18H14ClN3O4. The van der Waals surface area contributed by atoms with Crippen molar-refractivity contribution >= 4 is 23.2 Å². The fourth-order valence-electron chi connectivity index (χ4n) is 2.32. The van der Waals surface area contributed by atoms with Gasteiger partial charge < -0.3 is 9.84 Å². The van der Waals surface area contributed by atoms with E-state index in [0.29, 0.717) is 11.5 Å². The van der Waals surface area contributed by atoms with Crippen molar-refractivity contribution in [3.8, 4) is 11.3 Å². The van der Waals surface area contributed by atoms with Crippen LogP contribution in [0.4, 0.5) is 5.69 Å². The molecule has 0 aliphatic carbocycles. The normalized spacial score (nSPS) is 10.5. The Morgan fingerprint density at radius 2 is 1.96 bits per heavy atom. The maximum Gasteiger partial charge on any atom is 0.288 e. The van der Waals surface area contributed by atoms with Gasteiger partial charge in [0.25, 0.3) is 11.6 Å². The Bertz CT molecular complexity index is 967. The van der Waals surface area contributed by atoms with Crippen LogP contribution in [-0.2, 0) is 6.54 Å². The number of nitrogens with zero attached hydrogens (tertiary/aromatic N) is 2. The minimum atomic E-state index is -0.634. The van der Waals surface area contributed by atoms with E-state index in [4.69, 9.17) is 16.1 Å². The summed E-state index contributed by atoms with van der Waals surface area (Å²) in [6.07, 6.45) is 0. The molecule has 1 amide bonds. The van der Waals surface area contributed by atoms with Crippen molar-refractivity contribution in [3.63, 3.8) is 0 Å². The number of amides is 1. The molecule has 3 rings (SSSR count). The van der Waals surface area contributed by atoms with Crippen molar-refractivity contribution in [1.29, 1.82) is 0 Å². The predicted octanol–water partition coefficient (Wildman–Crippen LogP) is 4.14. The number of carbonyl (C=O) groups excluding carboxylic acids is 1. The lowest BCUT2D eigenvalue weighted by Crippen LogP contribution is -2.23. The van der Waals surface area contributed by atoms with Crippen LogP contribution in [0.25, 0.3) is 11.3 Å². The van der Waals surface area contributed by atoms with Crippen LogP contribution in [0.1, 0.15) is 21.6 Å². The zero-order valence-corrected chi connectivity index (χ0v) is 14.5. The van der Waals surface area contributed by atoms with Crippen molar-refractivity contribution in [2.24, 2.45) is 0 Å². The Morgan fingerprint density at radius 1 is 1.23 bits per heavy atom. The van der Waals surface area contributed by atoms with E-state index in [2.05, 4.69) is 10.5 Å². The zero-order valence-electron chi connectivity index (χ0n) is 13.7. The Balaban J connectivity index is 1.68. The van der Waals surface area contributed by atoms with Crippen LogP contribution in [0.5, 0.6) is 0 Å². The molecule has 0 spiro atoms. The minimum absolute atomic E-state index is 0.0224. The number of hydrogen-bond donors (Lipinski definition) is 1. The average Bonchev–Trinajstić information content (AvgIpc) is 3.09. The largest absolute Gasteiger partial charge is 0.356 e. The van der Waals surface area contributed by atoms with Gasteiger partial charge in [-0.2, -0.15) is 0 Å². The number of nitro groups is 1. The lowest BCUT2D eigenvalue weighted by atomic mass is 10.1. The summed E-state index contributed by atoms with van der Waals surface area (Å²) < 4.78 is 5.29. The molecule has 3 aromatic rings. The summed E-state index contributed by atoms with van der Waals surface area (Å²) in [7, 11) is 0. The minimum Gasteiger partial charge on any atom is -0.356 e. The van der Waals surface area contributed by atoms with Crippen molar-refractivity contribution in [1.82, 2.24) is 10.5 Å². The summed E-state index contributed by atoms with van der Waals surface area (Å²) in [4.78, 5) is 22.5. The SMILES string of the molecule is Cc1ccc(-c2cc(CNC(=O)c3ccc(Cl)c([N+](=O)[O-])c3)no2)cc1. The molecule has 0 aliphatic rings. The molecule has 0 fully saturated rings. The topological polar surface area (TPSA) is 98.3 Å². The fourth-order valence-corrected chi connectivity index (χ4v) is 2.50. The summed E-state index contributed by atoms with van der Waals surface area (Å²) in [5.74, 6) is 0.126. The Morgan fingerprint density at radius 3 is 2.65 bits per heavy atom. The lowest BCUT2D eigenvalue weighted by Gasteiger charge is -2.03. The van der Waals surface area contributed by atoms with Gasteiger partial charge in [0, 0.05) is 23.3 Å². The van der Waals surface area contributed by atoms with Crippen LogP contribution < -0.4 is 5.32 Å². The number of nitro benzene ring substituents is 1. The molecule has 0 bridgehead atoms. The van der Waals surface area contributed by atoms with E-state index in [1.165, 1.54) is 12.1 Å². The summed E-state index contributed by atoms with van der Waals surface area (Å²) in [5, 5.41) is 17.4. The first-order chi connectivity index (χ1) is 12.4. The molecule has 1 N–H and O–H groups in total. The molecule has 0 saturated heterocycles. The highest BCUT2D eigenvalue weighted by atomic mass is 35.5. The third-order valence-corrected chi connectivity index (χ3v) is 4.05. The molecule has 0 saturated carbocycles. The van der Waals surface area contributed by atoms with Gasteiger partial charge in [-0.05, 0) is 19.1 Å². The molecule has 2 aromatic carbocycles. The monoisotopic (exact) mass is 371 g/mol. The number of aromatic nitrogens is 1. The number of rotatable bonds is 5. The van der Waals surface area contributed by atoms with Gasteiger partial charge in [-0.3, -0.25) is 14.9 Å². The molecule has 0 atom stereocenters. The summed E-state index contributed by atoms with van der Waals surface area (Å²) >= 11 is 5.74. The van der Waals surface area contributed by atoms with E-state index >= 15 is 0 Å². The Hall–Kier alpha value is -3.19. The number of carbonyl (C=O) groups is 1. The number of hydrogen-bond acceptors (Lipinski definition) is 5. The molecule has 8 heteroatoms.